The van der Waals surface area contributed by atoms with Crippen LogP contribution in [0.3, 0.4) is 0 Å². The van der Waals surface area contributed by atoms with Gasteiger partial charge in [-0.1, -0.05) is 42.1 Å². The molecule has 2 aromatic rings. The fourth-order valence-corrected chi connectivity index (χ4v) is 3.12. The van der Waals surface area contributed by atoms with Crippen LogP contribution in [0.15, 0.2) is 53.6 Å². The molecule has 20 heavy (non-hydrogen) atoms. The van der Waals surface area contributed by atoms with Crippen LogP contribution in [-0.4, -0.2) is 15.3 Å². The largest absolute Gasteiger partial charge is 0.508 e. The Balaban J connectivity index is 1.69. The number of hydrogen-bond acceptors (Lipinski definition) is 5. The van der Waals surface area contributed by atoms with E-state index >= 15 is 0 Å². The molecule has 0 spiro atoms. The van der Waals surface area contributed by atoms with Crippen LogP contribution in [0, 0.1) is 0 Å². The fraction of sp³-hybridized carbons (Fsp3) is 0.133. The van der Waals surface area contributed by atoms with Crippen molar-refractivity contribution in [3.05, 3.63) is 59.7 Å². The Morgan fingerprint density at radius 3 is 2.65 bits per heavy atom. The van der Waals surface area contributed by atoms with Crippen molar-refractivity contribution in [3.63, 3.8) is 0 Å². The van der Waals surface area contributed by atoms with Gasteiger partial charge in [-0.2, -0.15) is 5.10 Å². The quantitative estimate of drug-likeness (QED) is 0.811. The highest BCUT2D eigenvalue weighted by Gasteiger charge is 2.23. The molecule has 0 saturated carbocycles. The smallest absolute Gasteiger partial charge is 0.125 e. The van der Waals surface area contributed by atoms with Crippen LogP contribution in [0.25, 0.3) is 0 Å². The third-order valence-corrected chi connectivity index (χ3v) is 4.16. The molecule has 0 fully saturated rings. The summed E-state index contributed by atoms with van der Waals surface area (Å²) >= 11 is 1.58. The first-order valence-corrected chi connectivity index (χ1v) is 7.15. The Hall–Kier alpha value is -2.14. The summed E-state index contributed by atoms with van der Waals surface area (Å²) in [5, 5.41) is 24.3. The van der Waals surface area contributed by atoms with Gasteiger partial charge in [-0.3, -0.25) is 5.43 Å². The molecule has 0 aliphatic carbocycles. The third-order valence-electron chi connectivity index (χ3n) is 3.06. The molecule has 1 heterocycles. The average molecular weight is 286 g/mol. The first-order chi connectivity index (χ1) is 9.72. The van der Waals surface area contributed by atoms with E-state index in [0.29, 0.717) is 0 Å². The molecular formula is C15H14N2O2S. The lowest BCUT2D eigenvalue weighted by Crippen LogP contribution is -2.06. The van der Waals surface area contributed by atoms with Crippen molar-refractivity contribution >= 4 is 16.8 Å². The van der Waals surface area contributed by atoms with Gasteiger partial charge in [0.25, 0.3) is 0 Å². The maximum absolute atomic E-state index is 9.86. The summed E-state index contributed by atoms with van der Waals surface area (Å²) in [5.41, 5.74) is 4.94. The van der Waals surface area contributed by atoms with Gasteiger partial charge in [0, 0.05) is 18.1 Å². The van der Waals surface area contributed by atoms with Gasteiger partial charge in [0.05, 0.1) is 5.04 Å². The first kappa shape index (κ1) is 12.9. The minimum Gasteiger partial charge on any atom is -0.508 e. The Labute approximate surface area is 121 Å². The van der Waals surface area contributed by atoms with Gasteiger partial charge in [-0.25, -0.2) is 0 Å². The minimum absolute atomic E-state index is 0.0553. The number of phenols is 2. The monoisotopic (exact) mass is 286 g/mol. The van der Waals surface area contributed by atoms with Gasteiger partial charge >= 0.3 is 0 Å². The Morgan fingerprint density at radius 1 is 1.10 bits per heavy atom. The zero-order valence-electron chi connectivity index (χ0n) is 10.7. The molecule has 0 bridgehead atoms. The molecule has 1 aliphatic heterocycles. The summed E-state index contributed by atoms with van der Waals surface area (Å²) in [6, 6.07) is 14.7. The Kier molecular flexibility index (Phi) is 3.52. The van der Waals surface area contributed by atoms with E-state index in [-0.39, 0.29) is 16.9 Å². The molecule has 102 valence electrons. The predicted octanol–water partition coefficient (Wildman–Crippen LogP) is 2.99. The standard InChI is InChI=1S/C15H14N2O2S/c18-11-6-7-12(13(19)9-11)15-17-16-14(20-15)8-10-4-2-1-3-5-10/h1-7,9,15,17-19H,8H2/t15-/m0/s1. The highest BCUT2D eigenvalue weighted by Crippen LogP contribution is 2.38. The molecule has 1 aliphatic rings. The van der Waals surface area contributed by atoms with E-state index in [1.54, 1.807) is 23.9 Å². The minimum atomic E-state index is -0.116. The van der Waals surface area contributed by atoms with Crippen molar-refractivity contribution in [3.8, 4) is 11.5 Å². The second-order valence-corrected chi connectivity index (χ2v) is 5.72. The molecule has 3 rings (SSSR count). The van der Waals surface area contributed by atoms with E-state index in [0.717, 1.165) is 17.0 Å². The number of benzene rings is 2. The number of aromatic hydroxyl groups is 2. The lowest BCUT2D eigenvalue weighted by molar-refractivity contribution is 0.444. The third kappa shape index (κ3) is 2.72. The average Bonchev–Trinajstić information content (AvgIpc) is 2.88. The highest BCUT2D eigenvalue weighted by molar-refractivity contribution is 8.14. The van der Waals surface area contributed by atoms with Gasteiger partial charge in [-0.15, -0.1) is 0 Å². The molecule has 5 heteroatoms. The van der Waals surface area contributed by atoms with E-state index in [4.69, 9.17) is 0 Å². The SMILES string of the molecule is Oc1ccc([C@H]2NN=C(Cc3ccccc3)S2)c(O)c1. The van der Waals surface area contributed by atoms with Gasteiger partial charge in [0.15, 0.2) is 0 Å². The number of phenolic OH excluding ortho intramolecular Hbond substituents is 2. The van der Waals surface area contributed by atoms with E-state index in [1.807, 2.05) is 18.2 Å². The van der Waals surface area contributed by atoms with Crippen molar-refractivity contribution in [1.82, 2.24) is 5.43 Å². The van der Waals surface area contributed by atoms with Crippen LogP contribution in [-0.2, 0) is 6.42 Å². The molecule has 0 amide bonds. The Bertz CT molecular complexity index is 644. The zero-order chi connectivity index (χ0) is 13.9. The highest BCUT2D eigenvalue weighted by atomic mass is 32.2. The number of hydrogen-bond donors (Lipinski definition) is 3. The zero-order valence-corrected chi connectivity index (χ0v) is 11.5. The van der Waals surface area contributed by atoms with E-state index < -0.39 is 0 Å². The molecule has 0 unspecified atom stereocenters. The van der Waals surface area contributed by atoms with Crippen molar-refractivity contribution in [1.29, 1.82) is 0 Å². The summed E-state index contributed by atoms with van der Waals surface area (Å²) in [4.78, 5) is 0. The lowest BCUT2D eigenvalue weighted by Gasteiger charge is -2.11. The summed E-state index contributed by atoms with van der Waals surface area (Å²) in [5.74, 6) is 0.130. The second kappa shape index (κ2) is 5.46. The van der Waals surface area contributed by atoms with E-state index in [1.165, 1.54) is 11.6 Å². The number of rotatable bonds is 3. The van der Waals surface area contributed by atoms with E-state index in [9.17, 15) is 10.2 Å². The summed E-state index contributed by atoms with van der Waals surface area (Å²) in [6.07, 6.45) is 0.772. The van der Waals surface area contributed by atoms with Gasteiger partial charge in [0.1, 0.15) is 16.9 Å². The topological polar surface area (TPSA) is 64.8 Å². The summed E-state index contributed by atoms with van der Waals surface area (Å²) in [6.45, 7) is 0. The molecule has 4 nitrogen and oxygen atoms in total. The van der Waals surface area contributed by atoms with Crippen LogP contribution in [0.4, 0.5) is 0 Å². The number of nitrogens with zero attached hydrogens (tertiary/aromatic N) is 1. The van der Waals surface area contributed by atoms with E-state index in [2.05, 4.69) is 22.7 Å². The van der Waals surface area contributed by atoms with Crippen molar-refractivity contribution in [2.75, 3.05) is 0 Å². The lowest BCUT2D eigenvalue weighted by atomic mass is 10.2. The maximum atomic E-state index is 9.86. The summed E-state index contributed by atoms with van der Waals surface area (Å²) < 4.78 is 0. The van der Waals surface area contributed by atoms with Crippen LogP contribution >= 0.6 is 11.8 Å². The van der Waals surface area contributed by atoms with Gasteiger partial charge in [0.2, 0.25) is 0 Å². The molecule has 0 aromatic heterocycles. The molecule has 1 atom stereocenters. The molecule has 0 saturated heterocycles. The Morgan fingerprint density at radius 2 is 1.90 bits per heavy atom. The van der Waals surface area contributed by atoms with Crippen LogP contribution < -0.4 is 5.43 Å². The molecule has 2 aromatic carbocycles. The number of hydrazone groups is 1. The van der Waals surface area contributed by atoms with Gasteiger partial charge in [-0.05, 0) is 17.7 Å². The summed E-state index contributed by atoms with van der Waals surface area (Å²) in [7, 11) is 0. The van der Waals surface area contributed by atoms with Crippen LogP contribution in [0.2, 0.25) is 0 Å². The number of nitrogens with one attached hydrogen (secondary N) is 1. The van der Waals surface area contributed by atoms with Gasteiger partial charge < -0.3 is 10.2 Å². The fourth-order valence-electron chi connectivity index (χ4n) is 2.06. The molecule has 3 N–H and O–H groups in total. The predicted molar refractivity (Wildman–Crippen MR) is 80.8 cm³/mol. The molecule has 0 radical (unpaired) electrons. The van der Waals surface area contributed by atoms with Crippen molar-refractivity contribution in [2.24, 2.45) is 5.10 Å². The molecular weight excluding hydrogens is 272 g/mol. The van der Waals surface area contributed by atoms with Crippen LogP contribution in [0.5, 0.6) is 11.5 Å². The van der Waals surface area contributed by atoms with Crippen molar-refractivity contribution < 1.29 is 10.2 Å². The number of thioether (sulfide) groups is 1. The van der Waals surface area contributed by atoms with Crippen molar-refractivity contribution in [2.45, 2.75) is 11.8 Å². The maximum Gasteiger partial charge on any atom is 0.125 e. The second-order valence-electron chi connectivity index (χ2n) is 4.54. The van der Waals surface area contributed by atoms with Crippen LogP contribution in [0.1, 0.15) is 16.5 Å². The normalized spacial score (nSPS) is 17.6. The first-order valence-electron chi connectivity index (χ1n) is 6.27.